The van der Waals surface area contributed by atoms with Gasteiger partial charge in [-0.2, -0.15) is 0 Å². The molecule has 2 aromatic carbocycles. The molecule has 1 aliphatic carbocycles. The zero-order chi connectivity index (χ0) is 21.9. The van der Waals surface area contributed by atoms with Crippen molar-refractivity contribution in [1.29, 1.82) is 0 Å². The summed E-state index contributed by atoms with van der Waals surface area (Å²) in [5.74, 6) is 0. The Morgan fingerprint density at radius 1 is 1.03 bits per heavy atom. The highest BCUT2D eigenvalue weighted by molar-refractivity contribution is 7.16. The number of allylic oxidation sites excluding steroid dienone is 4. The van der Waals surface area contributed by atoms with Crippen molar-refractivity contribution >= 4 is 20.4 Å². The summed E-state index contributed by atoms with van der Waals surface area (Å²) >= 11 is 0. The molecule has 0 nitrogen and oxygen atoms in total. The van der Waals surface area contributed by atoms with Gasteiger partial charge in [0.05, 0.1) is 0 Å². The van der Waals surface area contributed by atoms with E-state index in [0.717, 1.165) is 18.4 Å². The minimum Gasteiger partial charge on any atom is -0.138 e. The van der Waals surface area contributed by atoms with Crippen LogP contribution in [0.4, 0.5) is 0 Å². The van der Waals surface area contributed by atoms with Crippen LogP contribution in [0.2, 0.25) is 0 Å². The van der Waals surface area contributed by atoms with E-state index in [1.54, 1.807) is 0 Å². The highest BCUT2D eigenvalue weighted by Gasteiger charge is 2.21. The Morgan fingerprint density at radius 3 is 2.37 bits per heavy atom. The van der Waals surface area contributed by atoms with Crippen LogP contribution in [-0.4, -0.2) is 6.16 Å². The van der Waals surface area contributed by atoms with Crippen LogP contribution in [0.3, 0.4) is 0 Å². The van der Waals surface area contributed by atoms with Crippen LogP contribution in [-0.2, 0) is 19.3 Å². The van der Waals surface area contributed by atoms with Crippen LogP contribution in [0.1, 0.15) is 67.0 Å². The zero-order valence-electron chi connectivity index (χ0n) is 19.3. The Morgan fingerprint density at radius 2 is 1.73 bits per heavy atom. The monoisotopic (exact) mass is 416 g/mol. The molecule has 0 saturated carbocycles. The molecule has 3 rings (SSSR count). The molecule has 2 aromatic rings. The summed E-state index contributed by atoms with van der Waals surface area (Å²) in [6, 6.07) is 13.7. The molecule has 0 radical (unpaired) electrons. The fourth-order valence-electron chi connectivity index (χ4n) is 4.09. The maximum atomic E-state index is 4.37. The first-order valence-corrected chi connectivity index (χ1v) is 12.0. The van der Waals surface area contributed by atoms with E-state index >= 15 is 0 Å². The van der Waals surface area contributed by atoms with E-state index < -0.39 is 0 Å². The Balaban J connectivity index is 1.83. The average Bonchev–Trinajstić information content (AvgIpc) is 2.70. The Hall–Kier alpha value is -1.91. The van der Waals surface area contributed by atoms with Crippen molar-refractivity contribution in [2.75, 3.05) is 6.16 Å². The third-order valence-corrected chi connectivity index (χ3v) is 6.89. The molecular formula is C29H37P. The quantitative estimate of drug-likeness (QED) is 0.244. The van der Waals surface area contributed by atoms with Crippen molar-refractivity contribution in [3.05, 3.63) is 94.6 Å². The van der Waals surface area contributed by atoms with E-state index in [1.165, 1.54) is 70.0 Å². The Bertz CT molecular complexity index is 965. The van der Waals surface area contributed by atoms with Gasteiger partial charge in [0.25, 0.3) is 0 Å². The van der Waals surface area contributed by atoms with Gasteiger partial charge in [0, 0.05) is 0 Å². The molecule has 1 unspecified atom stereocenters. The molecule has 1 aliphatic rings. The second-order valence-corrected chi connectivity index (χ2v) is 10.3. The van der Waals surface area contributed by atoms with Crippen molar-refractivity contribution in [3.8, 4) is 0 Å². The van der Waals surface area contributed by atoms with Gasteiger partial charge in [-0.05, 0) is 95.1 Å². The van der Waals surface area contributed by atoms with E-state index in [4.69, 9.17) is 0 Å². The lowest BCUT2D eigenvalue weighted by Gasteiger charge is -2.26. The van der Waals surface area contributed by atoms with E-state index in [1.807, 2.05) is 0 Å². The largest absolute Gasteiger partial charge is 0.138 e. The third kappa shape index (κ3) is 5.22. The van der Waals surface area contributed by atoms with E-state index in [9.17, 15) is 0 Å². The Labute approximate surface area is 186 Å². The molecule has 0 N–H and O–H groups in total. The van der Waals surface area contributed by atoms with Crippen LogP contribution in [0, 0.1) is 12.3 Å². The lowest BCUT2D eigenvalue weighted by Crippen LogP contribution is -2.12. The van der Waals surface area contributed by atoms with Crippen LogP contribution < -0.4 is 0 Å². The standard InChI is InChI=1S/C29H37P/c1-20-17-26(24-12-10-23(11-13-24)9-7-8-16-30)19-28-22(3)25(14-15-27(20)28)18-21(2)29(4,5)6/h10-15,17H,1-2,7-9,16,18-19,30H2,3-6H3. The van der Waals surface area contributed by atoms with Crippen molar-refractivity contribution in [2.45, 2.75) is 59.8 Å². The summed E-state index contributed by atoms with van der Waals surface area (Å²) < 4.78 is 0. The average molecular weight is 417 g/mol. The van der Waals surface area contributed by atoms with Crippen LogP contribution in [0.25, 0.3) is 11.1 Å². The van der Waals surface area contributed by atoms with Gasteiger partial charge in [0.1, 0.15) is 0 Å². The lowest BCUT2D eigenvalue weighted by molar-refractivity contribution is 0.493. The molecule has 0 aliphatic heterocycles. The summed E-state index contributed by atoms with van der Waals surface area (Å²) in [6.07, 6.45) is 9.09. The molecule has 1 heteroatoms. The second-order valence-electron chi connectivity index (χ2n) is 9.72. The number of unbranched alkanes of at least 4 members (excludes halogenated alkanes) is 1. The van der Waals surface area contributed by atoms with Gasteiger partial charge in [-0.1, -0.05) is 82.0 Å². The summed E-state index contributed by atoms with van der Waals surface area (Å²) in [6.45, 7) is 17.7. The summed E-state index contributed by atoms with van der Waals surface area (Å²) in [5.41, 5.74) is 12.2. The first-order valence-electron chi connectivity index (χ1n) is 11.2. The molecule has 0 amide bonds. The fraction of sp³-hybridized carbons (Fsp3) is 0.379. The van der Waals surface area contributed by atoms with Crippen LogP contribution in [0.5, 0.6) is 0 Å². The second kappa shape index (κ2) is 9.49. The van der Waals surface area contributed by atoms with Crippen molar-refractivity contribution in [1.82, 2.24) is 0 Å². The first kappa shape index (κ1) is 22.8. The van der Waals surface area contributed by atoms with Crippen molar-refractivity contribution in [2.24, 2.45) is 5.41 Å². The maximum absolute atomic E-state index is 4.37. The van der Waals surface area contributed by atoms with Crippen molar-refractivity contribution in [3.63, 3.8) is 0 Å². The van der Waals surface area contributed by atoms with Gasteiger partial charge in [-0.3, -0.25) is 0 Å². The lowest BCUT2D eigenvalue weighted by atomic mass is 9.79. The number of hydrogen-bond donors (Lipinski definition) is 0. The number of hydrogen-bond acceptors (Lipinski definition) is 0. The summed E-state index contributed by atoms with van der Waals surface area (Å²) in [5, 5.41) is 0. The molecule has 0 heterocycles. The molecule has 0 saturated heterocycles. The fourth-order valence-corrected chi connectivity index (χ4v) is 4.38. The summed E-state index contributed by atoms with van der Waals surface area (Å²) in [4.78, 5) is 0. The SMILES string of the molecule is C=C1C=C(c2ccc(CCCCP)cc2)Cc2c1ccc(CC(=C)C(C)(C)C)c2C. The molecule has 0 fully saturated rings. The van der Waals surface area contributed by atoms with Gasteiger partial charge in [0.2, 0.25) is 0 Å². The molecule has 0 aromatic heterocycles. The molecule has 1 atom stereocenters. The smallest absolute Gasteiger partial charge is 0.00107 e. The predicted molar refractivity (Wildman–Crippen MR) is 138 cm³/mol. The molecule has 30 heavy (non-hydrogen) atoms. The maximum Gasteiger partial charge on any atom is -0.00107 e. The van der Waals surface area contributed by atoms with E-state index in [2.05, 4.69) is 92.6 Å². The van der Waals surface area contributed by atoms with Gasteiger partial charge < -0.3 is 0 Å². The highest BCUT2D eigenvalue weighted by Crippen LogP contribution is 2.37. The zero-order valence-corrected chi connectivity index (χ0v) is 20.4. The minimum atomic E-state index is 0.134. The summed E-state index contributed by atoms with van der Waals surface area (Å²) in [7, 11) is 2.82. The van der Waals surface area contributed by atoms with E-state index in [-0.39, 0.29) is 5.41 Å². The number of rotatable bonds is 7. The first-order chi connectivity index (χ1) is 14.2. The van der Waals surface area contributed by atoms with Crippen LogP contribution >= 0.6 is 9.24 Å². The molecule has 0 spiro atoms. The van der Waals surface area contributed by atoms with Gasteiger partial charge in [-0.25, -0.2) is 0 Å². The minimum absolute atomic E-state index is 0.134. The number of benzene rings is 2. The van der Waals surface area contributed by atoms with Crippen LogP contribution in [0.15, 0.2) is 61.2 Å². The van der Waals surface area contributed by atoms with Gasteiger partial charge in [0.15, 0.2) is 0 Å². The normalized spacial score (nSPS) is 13.8. The molecule has 0 bridgehead atoms. The number of aryl methyl sites for hydroxylation is 1. The van der Waals surface area contributed by atoms with Gasteiger partial charge in [-0.15, -0.1) is 9.24 Å². The predicted octanol–water partition coefficient (Wildman–Crippen LogP) is 7.99. The van der Waals surface area contributed by atoms with E-state index in [0.29, 0.717) is 0 Å². The topological polar surface area (TPSA) is 0 Å². The van der Waals surface area contributed by atoms with Crippen molar-refractivity contribution < 1.29 is 0 Å². The Kier molecular flexibility index (Phi) is 7.20. The van der Waals surface area contributed by atoms with Gasteiger partial charge >= 0.3 is 0 Å². The third-order valence-electron chi connectivity index (χ3n) is 6.48. The molecule has 158 valence electrons. The molecular weight excluding hydrogens is 379 g/mol. The highest BCUT2D eigenvalue weighted by atomic mass is 31.0. The number of fused-ring (bicyclic) bond motifs is 1.